The summed E-state index contributed by atoms with van der Waals surface area (Å²) in [6.07, 6.45) is 2.44. The van der Waals surface area contributed by atoms with Gasteiger partial charge in [-0.05, 0) is 80.1 Å². The second kappa shape index (κ2) is 8.50. The lowest BCUT2D eigenvalue weighted by Gasteiger charge is -2.36. The van der Waals surface area contributed by atoms with Gasteiger partial charge in [-0.2, -0.15) is 0 Å². The van der Waals surface area contributed by atoms with E-state index in [-0.39, 0.29) is 0 Å². The first kappa shape index (κ1) is 18.0. The van der Waals surface area contributed by atoms with Crippen LogP contribution in [0.3, 0.4) is 0 Å². The Hall–Kier alpha value is -1.84. The van der Waals surface area contributed by atoms with Crippen molar-refractivity contribution in [2.24, 2.45) is 11.7 Å². The predicted octanol–water partition coefficient (Wildman–Crippen LogP) is 3.96. The Bertz CT molecular complexity index is 663. The molecule has 1 atom stereocenters. The van der Waals surface area contributed by atoms with Crippen molar-refractivity contribution in [3.63, 3.8) is 0 Å². The van der Waals surface area contributed by atoms with Gasteiger partial charge in [-0.15, -0.1) is 0 Å². The van der Waals surface area contributed by atoms with Crippen LogP contribution in [-0.4, -0.2) is 31.6 Å². The molecule has 134 valence electrons. The van der Waals surface area contributed by atoms with Gasteiger partial charge in [0.25, 0.3) is 0 Å². The monoisotopic (exact) mass is 338 g/mol. The summed E-state index contributed by atoms with van der Waals surface area (Å²) in [5.41, 5.74) is 10.3. The molecule has 1 saturated heterocycles. The quantitative estimate of drug-likeness (QED) is 0.866. The normalized spacial score (nSPS) is 17.4. The number of hydrogen-bond donors (Lipinski definition) is 1. The van der Waals surface area contributed by atoms with Crippen molar-refractivity contribution in [2.45, 2.75) is 32.2 Å². The molecule has 25 heavy (non-hydrogen) atoms. The Kier molecular flexibility index (Phi) is 6.11. The van der Waals surface area contributed by atoms with Crippen LogP contribution < -0.4 is 10.5 Å². The van der Waals surface area contributed by atoms with Crippen molar-refractivity contribution in [2.75, 3.05) is 26.7 Å². The number of nitrogens with two attached hydrogens (primary N) is 1. The van der Waals surface area contributed by atoms with Gasteiger partial charge < -0.3 is 10.5 Å². The summed E-state index contributed by atoms with van der Waals surface area (Å²) in [6.45, 7) is 6.26. The SMILES string of the molecule is COc1ccc(C(CN)C2CCN(Cc3ccccc3)CC2)c(C)c1. The van der Waals surface area contributed by atoms with Gasteiger partial charge in [0, 0.05) is 6.54 Å². The highest BCUT2D eigenvalue weighted by Crippen LogP contribution is 2.35. The molecule has 1 unspecified atom stereocenters. The van der Waals surface area contributed by atoms with E-state index in [1.54, 1.807) is 7.11 Å². The van der Waals surface area contributed by atoms with Gasteiger partial charge in [-0.1, -0.05) is 36.4 Å². The van der Waals surface area contributed by atoms with Crippen LogP contribution in [0.25, 0.3) is 0 Å². The van der Waals surface area contributed by atoms with Crippen molar-refractivity contribution in [3.05, 3.63) is 65.2 Å². The van der Waals surface area contributed by atoms with Crippen LogP contribution in [0.5, 0.6) is 5.75 Å². The van der Waals surface area contributed by atoms with Crippen molar-refractivity contribution in [3.8, 4) is 5.75 Å². The first-order chi connectivity index (χ1) is 12.2. The largest absolute Gasteiger partial charge is 0.497 e. The number of likely N-dealkylation sites (tertiary alicyclic amines) is 1. The standard InChI is InChI=1S/C22H30N2O/c1-17-14-20(25-2)8-9-21(17)22(15-23)19-10-12-24(13-11-19)16-18-6-4-3-5-7-18/h3-9,14,19,22H,10-13,15-16,23H2,1-2H3. The Balaban J connectivity index is 1.62. The van der Waals surface area contributed by atoms with Gasteiger partial charge in [-0.3, -0.25) is 4.90 Å². The third kappa shape index (κ3) is 4.42. The molecule has 1 aliphatic rings. The summed E-state index contributed by atoms with van der Waals surface area (Å²) < 4.78 is 5.34. The van der Waals surface area contributed by atoms with Crippen LogP contribution >= 0.6 is 0 Å². The van der Waals surface area contributed by atoms with Crippen molar-refractivity contribution in [1.29, 1.82) is 0 Å². The molecule has 0 bridgehead atoms. The average Bonchev–Trinajstić information content (AvgIpc) is 2.65. The average molecular weight is 338 g/mol. The van der Waals surface area contributed by atoms with Crippen LogP contribution in [0.15, 0.2) is 48.5 Å². The zero-order valence-corrected chi connectivity index (χ0v) is 15.4. The molecule has 0 spiro atoms. The maximum Gasteiger partial charge on any atom is 0.119 e. The molecular weight excluding hydrogens is 308 g/mol. The number of rotatable bonds is 6. The Morgan fingerprint density at radius 2 is 1.84 bits per heavy atom. The number of aryl methyl sites for hydroxylation is 1. The predicted molar refractivity (Wildman–Crippen MR) is 104 cm³/mol. The molecule has 2 aromatic carbocycles. The van der Waals surface area contributed by atoms with E-state index >= 15 is 0 Å². The Morgan fingerprint density at radius 3 is 2.44 bits per heavy atom. The van der Waals surface area contributed by atoms with E-state index in [0.717, 1.165) is 31.9 Å². The maximum atomic E-state index is 6.19. The first-order valence-corrected chi connectivity index (χ1v) is 9.32. The fourth-order valence-electron chi connectivity index (χ4n) is 4.12. The zero-order valence-electron chi connectivity index (χ0n) is 15.4. The molecule has 0 saturated carbocycles. The molecule has 3 nitrogen and oxygen atoms in total. The molecule has 3 rings (SSSR count). The fourth-order valence-corrected chi connectivity index (χ4v) is 4.12. The van der Waals surface area contributed by atoms with Crippen molar-refractivity contribution in [1.82, 2.24) is 4.90 Å². The first-order valence-electron chi connectivity index (χ1n) is 9.32. The highest BCUT2D eigenvalue weighted by atomic mass is 16.5. The van der Waals surface area contributed by atoms with Gasteiger partial charge in [0.2, 0.25) is 0 Å². The lowest BCUT2D eigenvalue weighted by atomic mass is 9.78. The summed E-state index contributed by atoms with van der Waals surface area (Å²) in [6, 6.07) is 17.2. The summed E-state index contributed by atoms with van der Waals surface area (Å²) in [7, 11) is 1.72. The van der Waals surface area contributed by atoms with Crippen LogP contribution in [0, 0.1) is 12.8 Å². The number of ether oxygens (including phenoxy) is 1. The minimum absolute atomic E-state index is 0.449. The molecule has 0 amide bonds. The van der Waals surface area contributed by atoms with Crippen LogP contribution in [-0.2, 0) is 6.54 Å². The Morgan fingerprint density at radius 1 is 1.12 bits per heavy atom. The van der Waals surface area contributed by atoms with E-state index in [1.165, 1.54) is 29.5 Å². The molecule has 0 radical (unpaired) electrons. The molecule has 1 aliphatic heterocycles. The van der Waals surface area contributed by atoms with E-state index in [4.69, 9.17) is 10.5 Å². The van der Waals surface area contributed by atoms with E-state index < -0.39 is 0 Å². The number of nitrogens with zero attached hydrogens (tertiary/aromatic N) is 1. The van der Waals surface area contributed by atoms with Gasteiger partial charge in [0.15, 0.2) is 0 Å². The van der Waals surface area contributed by atoms with Crippen LogP contribution in [0.4, 0.5) is 0 Å². The second-order valence-electron chi connectivity index (χ2n) is 7.16. The third-order valence-corrected chi connectivity index (χ3v) is 5.58. The molecule has 1 heterocycles. The highest BCUT2D eigenvalue weighted by Gasteiger charge is 2.27. The van der Waals surface area contributed by atoms with Gasteiger partial charge in [0.05, 0.1) is 7.11 Å². The molecule has 2 N–H and O–H groups in total. The molecular formula is C22H30N2O. The molecule has 0 aliphatic carbocycles. The Labute approximate surface area is 151 Å². The van der Waals surface area contributed by atoms with Crippen LogP contribution in [0.1, 0.15) is 35.4 Å². The minimum Gasteiger partial charge on any atom is -0.497 e. The van der Waals surface area contributed by atoms with Crippen molar-refractivity contribution < 1.29 is 4.74 Å². The van der Waals surface area contributed by atoms with Crippen molar-refractivity contribution >= 4 is 0 Å². The maximum absolute atomic E-state index is 6.19. The smallest absolute Gasteiger partial charge is 0.119 e. The summed E-state index contributed by atoms with van der Waals surface area (Å²) in [5.74, 6) is 2.05. The number of hydrogen-bond acceptors (Lipinski definition) is 3. The van der Waals surface area contributed by atoms with Gasteiger partial charge in [-0.25, -0.2) is 0 Å². The van der Waals surface area contributed by atoms with E-state index in [9.17, 15) is 0 Å². The van der Waals surface area contributed by atoms with E-state index in [1.807, 2.05) is 0 Å². The summed E-state index contributed by atoms with van der Waals surface area (Å²) in [5, 5.41) is 0. The van der Waals surface area contributed by atoms with Gasteiger partial charge in [0.1, 0.15) is 5.75 Å². The molecule has 2 aromatic rings. The van der Waals surface area contributed by atoms with Crippen LogP contribution in [0.2, 0.25) is 0 Å². The topological polar surface area (TPSA) is 38.5 Å². The van der Waals surface area contributed by atoms with E-state index in [2.05, 4.69) is 60.4 Å². The number of piperidine rings is 1. The van der Waals surface area contributed by atoms with Gasteiger partial charge >= 0.3 is 0 Å². The third-order valence-electron chi connectivity index (χ3n) is 5.58. The fraction of sp³-hybridized carbons (Fsp3) is 0.455. The molecule has 0 aromatic heterocycles. The second-order valence-corrected chi connectivity index (χ2v) is 7.16. The molecule has 1 fully saturated rings. The minimum atomic E-state index is 0.449. The molecule has 3 heteroatoms. The summed E-state index contributed by atoms with van der Waals surface area (Å²) >= 11 is 0. The lowest BCUT2D eigenvalue weighted by molar-refractivity contribution is 0.162. The lowest BCUT2D eigenvalue weighted by Crippen LogP contribution is -2.36. The number of benzene rings is 2. The summed E-state index contributed by atoms with van der Waals surface area (Å²) in [4.78, 5) is 2.57. The zero-order chi connectivity index (χ0) is 17.6. The number of methoxy groups -OCH3 is 1. The van der Waals surface area contributed by atoms with E-state index in [0.29, 0.717) is 11.8 Å². The highest BCUT2D eigenvalue weighted by molar-refractivity contribution is 5.37.